The lowest BCUT2D eigenvalue weighted by atomic mass is 9.99. The van der Waals surface area contributed by atoms with Crippen LogP contribution < -0.4 is 0 Å². The number of hydrogen-bond donors (Lipinski definition) is 3. The van der Waals surface area contributed by atoms with E-state index >= 15 is 0 Å². The third kappa shape index (κ3) is 6.85. The van der Waals surface area contributed by atoms with Crippen LogP contribution in [0.2, 0.25) is 0 Å². The van der Waals surface area contributed by atoms with Gasteiger partial charge in [-0.15, -0.1) is 0 Å². The molecule has 6 atom stereocenters. The van der Waals surface area contributed by atoms with Gasteiger partial charge in [-0.25, -0.2) is 0 Å². The number of hydrogen-bond acceptors (Lipinski definition) is 6. The number of carbonyl (C=O) groups is 1. The van der Waals surface area contributed by atoms with Gasteiger partial charge in [0.25, 0.3) is 0 Å². The van der Waals surface area contributed by atoms with Crippen LogP contribution in [-0.4, -0.2) is 58.4 Å². The van der Waals surface area contributed by atoms with Crippen molar-refractivity contribution in [2.75, 3.05) is 0 Å². The van der Waals surface area contributed by atoms with E-state index in [1.807, 2.05) is 0 Å². The number of carbonyl (C=O) groups excluding carboxylic acids is 1. The van der Waals surface area contributed by atoms with Gasteiger partial charge >= 0.3 is 0 Å². The highest BCUT2D eigenvalue weighted by atomic mass is 16.7. The number of aliphatic hydroxyl groups is 3. The second-order valence-corrected chi connectivity index (χ2v) is 6.40. The van der Waals surface area contributed by atoms with Gasteiger partial charge in [0.1, 0.15) is 24.6 Å². The van der Waals surface area contributed by atoms with E-state index in [0.29, 0.717) is 6.42 Å². The predicted octanol–water partition coefficient (Wildman–Crippen LogP) is 1.54. The van der Waals surface area contributed by atoms with Gasteiger partial charge in [-0.05, 0) is 13.3 Å². The van der Waals surface area contributed by atoms with Gasteiger partial charge in [0.05, 0.1) is 12.2 Å². The topological polar surface area (TPSA) is 96.2 Å². The van der Waals surface area contributed by atoms with E-state index < -0.39 is 30.7 Å². The molecule has 0 aromatic carbocycles. The fourth-order valence-electron chi connectivity index (χ4n) is 2.82. The van der Waals surface area contributed by atoms with Crippen molar-refractivity contribution in [1.82, 2.24) is 0 Å². The molecule has 0 saturated carbocycles. The molecular weight excluding hydrogens is 300 g/mol. The maximum absolute atomic E-state index is 10.8. The average molecular weight is 332 g/mol. The molecular formula is C17H32O6. The Hall–Kier alpha value is -0.530. The van der Waals surface area contributed by atoms with Crippen molar-refractivity contribution in [1.29, 1.82) is 0 Å². The van der Waals surface area contributed by atoms with Crippen LogP contribution in [-0.2, 0) is 14.3 Å². The van der Waals surface area contributed by atoms with Crippen LogP contribution in [0.15, 0.2) is 0 Å². The maximum atomic E-state index is 10.8. The van der Waals surface area contributed by atoms with E-state index in [0.717, 1.165) is 19.1 Å². The van der Waals surface area contributed by atoms with E-state index in [9.17, 15) is 20.1 Å². The molecule has 1 aliphatic rings. The minimum atomic E-state index is -1.32. The summed E-state index contributed by atoms with van der Waals surface area (Å²) in [6.07, 6.45) is 2.86. The molecule has 0 bridgehead atoms. The first-order valence-electron chi connectivity index (χ1n) is 8.80. The Morgan fingerprint density at radius 3 is 2.35 bits per heavy atom. The van der Waals surface area contributed by atoms with Crippen molar-refractivity contribution in [2.24, 2.45) is 0 Å². The van der Waals surface area contributed by atoms with E-state index in [1.165, 1.54) is 25.7 Å². The highest BCUT2D eigenvalue weighted by Crippen LogP contribution is 2.24. The first kappa shape index (κ1) is 20.5. The van der Waals surface area contributed by atoms with E-state index in [1.54, 1.807) is 6.92 Å². The zero-order valence-corrected chi connectivity index (χ0v) is 14.3. The first-order valence-corrected chi connectivity index (χ1v) is 8.80. The van der Waals surface area contributed by atoms with Crippen molar-refractivity contribution >= 4 is 6.29 Å². The second kappa shape index (κ2) is 11.1. The summed E-state index contributed by atoms with van der Waals surface area (Å²) in [5, 5.41) is 29.4. The molecule has 2 unspecified atom stereocenters. The lowest BCUT2D eigenvalue weighted by Crippen LogP contribution is -2.57. The number of rotatable bonds is 11. The van der Waals surface area contributed by atoms with Gasteiger partial charge in [-0.1, -0.05) is 45.4 Å². The van der Waals surface area contributed by atoms with Crippen molar-refractivity contribution in [2.45, 2.75) is 102 Å². The lowest BCUT2D eigenvalue weighted by Gasteiger charge is -2.40. The van der Waals surface area contributed by atoms with Crippen molar-refractivity contribution in [3.63, 3.8) is 0 Å². The molecule has 0 radical (unpaired) electrons. The Morgan fingerprint density at radius 1 is 1.04 bits per heavy atom. The predicted molar refractivity (Wildman–Crippen MR) is 85.9 cm³/mol. The maximum Gasteiger partial charge on any atom is 0.186 e. The molecule has 0 aromatic heterocycles. The fraction of sp³-hybridized carbons (Fsp3) is 0.941. The van der Waals surface area contributed by atoms with Crippen LogP contribution in [0.25, 0.3) is 0 Å². The SMILES string of the molecule is CCCCCCCCC(CC=O)OC1O[C@H](C)[C@@H](O)[C@H](O)[C@@H]1O. The zero-order valence-electron chi connectivity index (χ0n) is 14.3. The molecule has 6 heteroatoms. The highest BCUT2D eigenvalue weighted by molar-refractivity contribution is 5.50. The van der Waals surface area contributed by atoms with Gasteiger partial charge in [0.15, 0.2) is 6.29 Å². The van der Waals surface area contributed by atoms with Crippen LogP contribution in [0.5, 0.6) is 0 Å². The summed E-state index contributed by atoms with van der Waals surface area (Å²) < 4.78 is 11.1. The van der Waals surface area contributed by atoms with Gasteiger partial charge in [0, 0.05) is 6.42 Å². The minimum Gasteiger partial charge on any atom is -0.388 e. The Bertz CT molecular complexity index is 324. The summed E-state index contributed by atoms with van der Waals surface area (Å²) in [4.78, 5) is 10.8. The van der Waals surface area contributed by atoms with Gasteiger partial charge < -0.3 is 29.6 Å². The molecule has 0 aromatic rings. The number of ether oxygens (including phenoxy) is 2. The summed E-state index contributed by atoms with van der Waals surface area (Å²) in [6, 6.07) is 0. The Balaban J connectivity index is 2.40. The third-order valence-corrected chi connectivity index (χ3v) is 4.37. The number of unbranched alkanes of at least 4 members (excludes halogenated alkanes) is 5. The Morgan fingerprint density at radius 2 is 1.70 bits per heavy atom. The molecule has 6 nitrogen and oxygen atoms in total. The average Bonchev–Trinajstić information content (AvgIpc) is 2.53. The monoisotopic (exact) mass is 332 g/mol. The Labute approximate surface area is 138 Å². The third-order valence-electron chi connectivity index (χ3n) is 4.37. The Kier molecular flexibility index (Phi) is 9.90. The lowest BCUT2D eigenvalue weighted by molar-refractivity contribution is -0.304. The summed E-state index contributed by atoms with van der Waals surface area (Å²) in [5.74, 6) is 0. The van der Waals surface area contributed by atoms with Crippen molar-refractivity contribution < 1.29 is 29.6 Å². The van der Waals surface area contributed by atoms with Gasteiger partial charge in [-0.2, -0.15) is 0 Å². The quantitative estimate of drug-likeness (QED) is 0.392. The van der Waals surface area contributed by atoms with Crippen molar-refractivity contribution in [3.05, 3.63) is 0 Å². The molecule has 1 rings (SSSR count). The molecule has 0 amide bonds. The number of aliphatic hydroxyl groups excluding tert-OH is 3. The molecule has 3 N–H and O–H groups in total. The summed E-state index contributed by atoms with van der Waals surface area (Å²) >= 11 is 0. The molecule has 0 spiro atoms. The summed E-state index contributed by atoms with van der Waals surface area (Å²) in [7, 11) is 0. The molecule has 0 aliphatic carbocycles. The van der Waals surface area contributed by atoms with Gasteiger partial charge in [0.2, 0.25) is 0 Å². The van der Waals surface area contributed by atoms with Crippen molar-refractivity contribution in [3.8, 4) is 0 Å². The normalized spacial score (nSPS) is 32.7. The zero-order chi connectivity index (χ0) is 17.2. The smallest absolute Gasteiger partial charge is 0.186 e. The molecule has 1 saturated heterocycles. The van der Waals surface area contributed by atoms with Crippen LogP contribution in [0.1, 0.15) is 65.2 Å². The molecule has 136 valence electrons. The largest absolute Gasteiger partial charge is 0.388 e. The first-order chi connectivity index (χ1) is 11.0. The van der Waals surface area contributed by atoms with Crippen LogP contribution >= 0.6 is 0 Å². The molecule has 1 aliphatic heterocycles. The van der Waals surface area contributed by atoms with Crippen LogP contribution in [0, 0.1) is 0 Å². The van der Waals surface area contributed by atoms with Crippen LogP contribution in [0.3, 0.4) is 0 Å². The van der Waals surface area contributed by atoms with Gasteiger partial charge in [-0.3, -0.25) is 0 Å². The summed E-state index contributed by atoms with van der Waals surface area (Å²) in [5.41, 5.74) is 0. The van der Waals surface area contributed by atoms with E-state index in [2.05, 4.69) is 6.92 Å². The number of aldehydes is 1. The molecule has 23 heavy (non-hydrogen) atoms. The minimum absolute atomic E-state index is 0.231. The summed E-state index contributed by atoms with van der Waals surface area (Å²) in [6.45, 7) is 3.79. The fourth-order valence-corrected chi connectivity index (χ4v) is 2.82. The highest BCUT2D eigenvalue weighted by Gasteiger charge is 2.43. The van der Waals surface area contributed by atoms with E-state index in [4.69, 9.17) is 9.47 Å². The van der Waals surface area contributed by atoms with Crippen LogP contribution in [0.4, 0.5) is 0 Å². The van der Waals surface area contributed by atoms with E-state index in [-0.39, 0.29) is 12.5 Å². The second-order valence-electron chi connectivity index (χ2n) is 6.40. The molecule has 1 fully saturated rings. The molecule has 1 heterocycles. The standard InChI is InChI=1S/C17H32O6/c1-3-4-5-6-7-8-9-13(10-11-18)23-17-16(21)15(20)14(19)12(2)22-17/h11-17,19-21H,3-10H2,1-2H3/t12-,13?,14-,15+,16+,17?/m1/s1.